The van der Waals surface area contributed by atoms with E-state index < -0.39 is 15.6 Å². The lowest BCUT2D eigenvalue weighted by molar-refractivity contribution is -0.0120. The Morgan fingerprint density at radius 2 is 2.24 bits per heavy atom. The normalized spacial score (nSPS) is 22.8. The van der Waals surface area contributed by atoms with Gasteiger partial charge in [0.05, 0.1) is 13.2 Å². The van der Waals surface area contributed by atoms with E-state index in [0.29, 0.717) is 37.7 Å². The second-order valence-corrected chi connectivity index (χ2v) is 6.91. The number of sulfonamides is 1. The van der Waals surface area contributed by atoms with Gasteiger partial charge in [0.2, 0.25) is 10.0 Å². The number of hydrogen-bond donors (Lipinski definition) is 2. The van der Waals surface area contributed by atoms with E-state index in [1.165, 1.54) is 0 Å². The fraction of sp³-hybridized carbons (Fsp3) is 0.692. The van der Waals surface area contributed by atoms with Gasteiger partial charge in [0.15, 0.2) is 0 Å². The summed E-state index contributed by atoms with van der Waals surface area (Å²) in [6.07, 6.45) is 0.668. The first-order valence-electron chi connectivity index (χ1n) is 6.79. The Hall–Kier alpha value is -0.930. The first kappa shape index (κ1) is 16.4. The van der Waals surface area contributed by atoms with Crippen molar-refractivity contribution in [3.63, 3.8) is 0 Å². The average Bonchev–Trinajstić information content (AvgIpc) is 3.05. The lowest BCUT2D eigenvalue weighted by Gasteiger charge is -2.25. The van der Waals surface area contributed by atoms with Crippen LogP contribution in [0.15, 0.2) is 15.4 Å². The van der Waals surface area contributed by atoms with Crippen molar-refractivity contribution in [1.82, 2.24) is 10.0 Å². The number of furan rings is 1. The summed E-state index contributed by atoms with van der Waals surface area (Å²) in [5.74, 6) is 0.961. The predicted octanol–water partition coefficient (Wildman–Crippen LogP) is 0.391. The van der Waals surface area contributed by atoms with E-state index in [2.05, 4.69) is 10.0 Å². The molecule has 1 fully saturated rings. The molecule has 8 heteroatoms. The van der Waals surface area contributed by atoms with Crippen LogP contribution in [-0.4, -0.2) is 47.9 Å². The van der Waals surface area contributed by atoms with Crippen molar-refractivity contribution in [2.45, 2.75) is 30.4 Å². The molecule has 1 aromatic heterocycles. The highest BCUT2D eigenvalue weighted by molar-refractivity contribution is 7.89. The highest BCUT2D eigenvalue weighted by atomic mass is 32.2. The van der Waals surface area contributed by atoms with Crippen molar-refractivity contribution in [3.8, 4) is 0 Å². The topological polar surface area (TPSA) is 89.8 Å². The first-order chi connectivity index (χ1) is 9.92. The summed E-state index contributed by atoms with van der Waals surface area (Å²) in [6.45, 7) is 3.26. The Bertz CT molecular complexity index is 575. The van der Waals surface area contributed by atoms with Gasteiger partial charge in [-0.1, -0.05) is 0 Å². The quantitative estimate of drug-likeness (QED) is 0.756. The number of methoxy groups -OCH3 is 1. The molecule has 0 spiro atoms. The summed E-state index contributed by atoms with van der Waals surface area (Å²) < 4.78 is 43.5. The van der Waals surface area contributed by atoms with Crippen LogP contribution in [0.3, 0.4) is 0 Å². The van der Waals surface area contributed by atoms with Gasteiger partial charge in [0.1, 0.15) is 22.0 Å². The number of rotatable bonds is 7. The zero-order chi connectivity index (χ0) is 15.5. The maximum atomic E-state index is 12.4. The first-order valence-corrected chi connectivity index (χ1v) is 8.27. The molecule has 2 heterocycles. The number of nitrogens with one attached hydrogen (secondary N) is 2. The predicted molar refractivity (Wildman–Crippen MR) is 76.6 cm³/mol. The molecule has 120 valence electrons. The summed E-state index contributed by atoms with van der Waals surface area (Å²) in [5, 5.41) is 2.92. The number of ether oxygens (including phenoxy) is 2. The lowest BCUT2D eigenvalue weighted by Crippen LogP contribution is -2.44. The van der Waals surface area contributed by atoms with Gasteiger partial charge in [-0.15, -0.1) is 0 Å². The molecule has 1 saturated heterocycles. The second kappa shape index (κ2) is 6.45. The van der Waals surface area contributed by atoms with E-state index in [4.69, 9.17) is 13.9 Å². The van der Waals surface area contributed by atoms with E-state index in [0.717, 1.165) is 0 Å². The third-order valence-electron chi connectivity index (χ3n) is 3.65. The summed E-state index contributed by atoms with van der Waals surface area (Å²) in [5.41, 5.74) is -0.585. The van der Waals surface area contributed by atoms with Crippen molar-refractivity contribution in [2.24, 2.45) is 0 Å². The molecule has 0 aliphatic carbocycles. The van der Waals surface area contributed by atoms with Gasteiger partial charge in [-0.25, -0.2) is 13.1 Å². The van der Waals surface area contributed by atoms with Crippen LogP contribution in [0, 0.1) is 6.92 Å². The van der Waals surface area contributed by atoms with Crippen LogP contribution in [0.4, 0.5) is 0 Å². The minimum Gasteiger partial charge on any atom is -0.464 e. The van der Waals surface area contributed by atoms with E-state index in [1.54, 1.807) is 27.1 Å². The van der Waals surface area contributed by atoms with Gasteiger partial charge in [-0.05, 0) is 14.0 Å². The molecule has 1 aliphatic heterocycles. The maximum absolute atomic E-state index is 12.4. The molecule has 1 aromatic rings. The highest BCUT2D eigenvalue weighted by Crippen LogP contribution is 2.24. The van der Waals surface area contributed by atoms with Crippen molar-refractivity contribution < 1.29 is 22.3 Å². The smallest absolute Gasteiger partial charge is 0.244 e. The van der Waals surface area contributed by atoms with Gasteiger partial charge in [-0.3, -0.25) is 0 Å². The summed E-state index contributed by atoms with van der Waals surface area (Å²) in [6, 6.07) is 1.54. The third-order valence-corrected chi connectivity index (χ3v) is 5.16. The molecular weight excluding hydrogens is 296 g/mol. The van der Waals surface area contributed by atoms with E-state index in [1.807, 2.05) is 0 Å². The average molecular weight is 318 g/mol. The minimum absolute atomic E-state index is 0.165. The van der Waals surface area contributed by atoms with Crippen LogP contribution in [0.5, 0.6) is 0 Å². The molecule has 0 aromatic carbocycles. The molecule has 2 N–H and O–H groups in total. The Labute approximate surface area is 125 Å². The standard InChI is InChI=1S/C13H22N2O5S/c1-10-12(6-11(20-10)7-14-2)21(16,17)15-8-13(18-3)4-5-19-9-13/h6,14-15H,4-5,7-9H2,1-3H3. The molecule has 0 amide bonds. The molecule has 21 heavy (non-hydrogen) atoms. The Morgan fingerprint density at radius 1 is 1.48 bits per heavy atom. The van der Waals surface area contributed by atoms with E-state index in [9.17, 15) is 8.42 Å². The molecular formula is C13H22N2O5S. The molecule has 0 bridgehead atoms. The fourth-order valence-electron chi connectivity index (χ4n) is 2.32. The SMILES string of the molecule is CNCc1cc(S(=O)(=O)NCC2(OC)CCOC2)c(C)o1. The van der Waals surface area contributed by atoms with Crippen molar-refractivity contribution >= 4 is 10.0 Å². The van der Waals surface area contributed by atoms with Crippen LogP contribution < -0.4 is 10.0 Å². The Morgan fingerprint density at radius 3 is 2.81 bits per heavy atom. The van der Waals surface area contributed by atoms with Gasteiger partial charge < -0.3 is 19.2 Å². The van der Waals surface area contributed by atoms with Crippen LogP contribution in [0.1, 0.15) is 17.9 Å². The summed E-state index contributed by atoms with van der Waals surface area (Å²) in [7, 11) is -0.294. The lowest BCUT2D eigenvalue weighted by atomic mass is 10.0. The van der Waals surface area contributed by atoms with Gasteiger partial charge >= 0.3 is 0 Å². The number of hydrogen-bond acceptors (Lipinski definition) is 6. The highest BCUT2D eigenvalue weighted by Gasteiger charge is 2.36. The van der Waals surface area contributed by atoms with Crippen LogP contribution in [-0.2, 0) is 26.0 Å². The Kier molecular flexibility index (Phi) is 5.05. The third kappa shape index (κ3) is 3.64. The Balaban J connectivity index is 2.11. The molecule has 2 rings (SSSR count). The maximum Gasteiger partial charge on any atom is 0.244 e. The largest absolute Gasteiger partial charge is 0.464 e. The van der Waals surface area contributed by atoms with Crippen molar-refractivity contribution in [3.05, 3.63) is 17.6 Å². The van der Waals surface area contributed by atoms with Gasteiger partial charge in [-0.2, -0.15) is 0 Å². The second-order valence-electron chi connectivity index (χ2n) is 5.18. The van der Waals surface area contributed by atoms with Crippen LogP contribution >= 0.6 is 0 Å². The molecule has 7 nitrogen and oxygen atoms in total. The zero-order valence-corrected chi connectivity index (χ0v) is 13.4. The summed E-state index contributed by atoms with van der Waals surface area (Å²) >= 11 is 0. The zero-order valence-electron chi connectivity index (χ0n) is 12.6. The van der Waals surface area contributed by atoms with Crippen molar-refractivity contribution in [2.75, 3.05) is 33.9 Å². The van der Waals surface area contributed by atoms with E-state index in [-0.39, 0.29) is 11.4 Å². The molecule has 0 saturated carbocycles. The van der Waals surface area contributed by atoms with Crippen molar-refractivity contribution in [1.29, 1.82) is 0 Å². The van der Waals surface area contributed by atoms with Crippen LogP contribution in [0.25, 0.3) is 0 Å². The minimum atomic E-state index is -3.63. The summed E-state index contributed by atoms with van der Waals surface area (Å²) in [4.78, 5) is 0.165. The molecule has 0 radical (unpaired) electrons. The van der Waals surface area contributed by atoms with E-state index >= 15 is 0 Å². The molecule has 1 aliphatic rings. The van der Waals surface area contributed by atoms with Gasteiger partial charge in [0, 0.05) is 32.7 Å². The number of aryl methyl sites for hydroxylation is 1. The molecule has 1 atom stereocenters. The van der Waals surface area contributed by atoms with Crippen LogP contribution in [0.2, 0.25) is 0 Å². The van der Waals surface area contributed by atoms with Gasteiger partial charge in [0.25, 0.3) is 0 Å². The molecule has 1 unspecified atom stereocenters. The monoisotopic (exact) mass is 318 g/mol. The fourth-order valence-corrected chi connectivity index (χ4v) is 3.63.